The number of carboxylic acid groups (broad SMARTS) is 1. The number of ether oxygens (including phenoxy) is 1. The molecule has 1 saturated heterocycles. The van der Waals surface area contributed by atoms with Crippen molar-refractivity contribution in [2.24, 2.45) is 5.92 Å². The fourth-order valence-corrected chi connectivity index (χ4v) is 5.88. The molecule has 0 radical (unpaired) electrons. The number of nitrogens with one attached hydrogen (secondary N) is 1. The highest BCUT2D eigenvalue weighted by Gasteiger charge is 2.67. The van der Waals surface area contributed by atoms with E-state index in [1.165, 1.54) is 4.90 Å². The quantitative estimate of drug-likeness (QED) is 0.556. The molecular formula is C28H30N2O5. The van der Waals surface area contributed by atoms with E-state index < -0.39 is 23.6 Å². The molecule has 7 nitrogen and oxygen atoms in total. The molecule has 182 valence electrons. The monoisotopic (exact) mass is 474 g/mol. The summed E-state index contributed by atoms with van der Waals surface area (Å²) in [6, 6.07) is 15.3. The molecule has 2 aromatic rings. The average molecular weight is 475 g/mol. The Kier molecular flexibility index (Phi) is 6.09. The van der Waals surface area contributed by atoms with Gasteiger partial charge >= 0.3 is 12.1 Å². The second-order valence-electron chi connectivity index (χ2n) is 9.65. The Balaban J connectivity index is 1.28. The predicted octanol–water partition coefficient (Wildman–Crippen LogP) is 4.33. The number of carboxylic acids is 1. The van der Waals surface area contributed by atoms with Gasteiger partial charge in [-0.1, -0.05) is 54.6 Å². The van der Waals surface area contributed by atoms with Crippen LogP contribution in [0.25, 0.3) is 11.1 Å². The zero-order chi connectivity index (χ0) is 24.6. The third-order valence-corrected chi connectivity index (χ3v) is 7.72. The highest BCUT2D eigenvalue weighted by molar-refractivity contribution is 5.94. The molecule has 2 fully saturated rings. The molecule has 3 aliphatic rings. The molecule has 35 heavy (non-hydrogen) atoms. The SMILES string of the molecule is C=CCCC(NC(=O)OCC1c2ccccc2-c2ccccc21)C(=O)N1CCCC2CC21C(=O)O. The molecule has 2 amide bonds. The molecule has 0 aromatic heterocycles. The Bertz CT molecular complexity index is 1130. The zero-order valence-electron chi connectivity index (χ0n) is 19.6. The lowest BCUT2D eigenvalue weighted by molar-refractivity contribution is -0.155. The summed E-state index contributed by atoms with van der Waals surface area (Å²) in [5, 5.41) is 12.6. The summed E-state index contributed by atoms with van der Waals surface area (Å²) in [5.41, 5.74) is 3.37. The van der Waals surface area contributed by atoms with E-state index in [1.807, 2.05) is 36.4 Å². The first-order valence-electron chi connectivity index (χ1n) is 12.2. The Morgan fingerprint density at radius 1 is 1.14 bits per heavy atom. The summed E-state index contributed by atoms with van der Waals surface area (Å²) in [6.45, 7) is 4.25. The van der Waals surface area contributed by atoms with Gasteiger partial charge in [-0.25, -0.2) is 9.59 Å². The van der Waals surface area contributed by atoms with Crippen LogP contribution in [0.3, 0.4) is 0 Å². The first kappa shape index (κ1) is 23.1. The Morgan fingerprint density at radius 3 is 2.43 bits per heavy atom. The van der Waals surface area contributed by atoms with Crippen LogP contribution in [0, 0.1) is 5.92 Å². The largest absolute Gasteiger partial charge is 0.479 e. The second-order valence-corrected chi connectivity index (χ2v) is 9.65. The number of piperidine rings is 1. The first-order valence-corrected chi connectivity index (χ1v) is 12.2. The molecule has 1 heterocycles. The fourth-order valence-electron chi connectivity index (χ4n) is 5.88. The van der Waals surface area contributed by atoms with Gasteiger partial charge in [0.25, 0.3) is 0 Å². The predicted molar refractivity (Wildman–Crippen MR) is 131 cm³/mol. The maximum atomic E-state index is 13.4. The number of fused-ring (bicyclic) bond motifs is 4. The number of carbonyl (C=O) groups excluding carboxylic acids is 2. The van der Waals surface area contributed by atoms with Crippen LogP contribution in [0.2, 0.25) is 0 Å². The number of nitrogens with zero attached hydrogens (tertiary/aromatic N) is 1. The number of alkyl carbamates (subject to hydrolysis) is 1. The Labute approximate surface area is 204 Å². The molecule has 1 aliphatic heterocycles. The number of benzene rings is 2. The lowest BCUT2D eigenvalue weighted by Gasteiger charge is -2.36. The van der Waals surface area contributed by atoms with Crippen molar-refractivity contribution < 1.29 is 24.2 Å². The van der Waals surface area contributed by atoms with Gasteiger partial charge in [-0.3, -0.25) is 4.79 Å². The van der Waals surface area contributed by atoms with E-state index >= 15 is 0 Å². The molecule has 0 spiro atoms. The van der Waals surface area contributed by atoms with Crippen molar-refractivity contribution in [3.63, 3.8) is 0 Å². The molecule has 3 unspecified atom stereocenters. The summed E-state index contributed by atoms with van der Waals surface area (Å²) in [6.07, 6.45) is 3.91. The first-order chi connectivity index (χ1) is 17.0. The van der Waals surface area contributed by atoms with Crippen LogP contribution in [-0.2, 0) is 14.3 Å². The van der Waals surface area contributed by atoms with Crippen LogP contribution in [-0.4, -0.2) is 52.7 Å². The number of likely N-dealkylation sites (tertiary alicyclic amines) is 1. The minimum atomic E-state index is -1.12. The normalized spacial score (nSPS) is 22.9. The highest BCUT2D eigenvalue weighted by atomic mass is 16.5. The number of hydrogen-bond donors (Lipinski definition) is 2. The number of hydrogen-bond acceptors (Lipinski definition) is 4. The number of carbonyl (C=O) groups is 3. The molecule has 2 aromatic carbocycles. The standard InChI is InChI=1S/C28H30N2O5/c1-2-3-14-24(25(31)30-15-8-9-18-16-28(18,30)26(32)33)29-27(34)35-17-23-21-12-6-4-10-19(21)20-11-5-7-13-22(20)23/h2,4-7,10-13,18,23-24H,1,3,8-9,14-17H2,(H,29,34)(H,32,33). The van der Waals surface area contributed by atoms with Gasteiger partial charge in [0.2, 0.25) is 5.91 Å². The molecule has 5 rings (SSSR count). The van der Waals surface area contributed by atoms with E-state index in [9.17, 15) is 19.5 Å². The van der Waals surface area contributed by atoms with Gasteiger partial charge in [0.1, 0.15) is 18.2 Å². The van der Waals surface area contributed by atoms with Gasteiger partial charge in [-0.2, -0.15) is 0 Å². The van der Waals surface area contributed by atoms with Gasteiger partial charge in [0, 0.05) is 12.5 Å². The molecule has 2 N–H and O–H groups in total. The third kappa shape index (κ3) is 3.99. The van der Waals surface area contributed by atoms with Gasteiger partial charge in [0.05, 0.1) is 0 Å². The molecular weight excluding hydrogens is 444 g/mol. The number of aliphatic carboxylic acids is 1. The maximum Gasteiger partial charge on any atom is 0.407 e. The second kappa shape index (κ2) is 9.21. The molecule has 7 heteroatoms. The van der Waals surface area contributed by atoms with Crippen molar-refractivity contribution >= 4 is 18.0 Å². The van der Waals surface area contributed by atoms with Crippen molar-refractivity contribution in [1.82, 2.24) is 10.2 Å². The lowest BCUT2D eigenvalue weighted by Crippen LogP contribution is -2.57. The van der Waals surface area contributed by atoms with E-state index in [-0.39, 0.29) is 24.3 Å². The zero-order valence-corrected chi connectivity index (χ0v) is 19.6. The van der Waals surface area contributed by atoms with Crippen LogP contribution in [0.4, 0.5) is 4.79 Å². The van der Waals surface area contributed by atoms with Crippen molar-refractivity contribution in [2.75, 3.05) is 13.2 Å². The van der Waals surface area contributed by atoms with E-state index in [0.29, 0.717) is 25.8 Å². The summed E-state index contributed by atoms with van der Waals surface area (Å²) < 4.78 is 5.63. The fraction of sp³-hybridized carbons (Fsp3) is 0.393. The summed E-state index contributed by atoms with van der Waals surface area (Å²) in [7, 11) is 0. The van der Waals surface area contributed by atoms with Crippen molar-refractivity contribution in [2.45, 2.75) is 49.6 Å². The smallest absolute Gasteiger partial charge is 0.407 e. The van der Waals surface area contributed by atoms with E-state index in [2.05, 4.69) is 24.0 Å². The van der Waals surface area contributed by atoms with E-state index in [0.717, 1.165) is 35.1 Å². The average Bonchev–Trinajstić information content (AvgIpc) is 3.56. The molecule has 0 bridgehead atoms. The van der Waals surface area contributed by atoms with Crippen LogP contribution >= 0.6 is 0 Å². The topological polar surface area (TPSA) is 95.9 Å². The number of amides is 2. The maximum absolute atomic E-state index is 13.4. The van der Waals surface area contributed by atoms with E-state index in [1.54, 1.807) is 6.08 Å². The Hall–Kier alpha value is -3.61. The summed E-state index contributed by atoms with van der Waals surface area (Å²) in [5.74, 6) is -1.41. The van der Waals surface area contributed by atoms with Gasteiger partial charge in [-0.15, -0.1) is 6.58 Å². The van der Waals surface area contributed by atoms with Gasteiger partial charge in [0.15, 0.2) is 0 Å². The minimum absolute atomic E-state index is 0.00721. The molecule has 1 saturated carbocycles. The third-order valence-electron chi connectivity index (χ3n) is 7.72. The van der Waals surface area contributed by atoms with Crippen LogP contribution < -0.4 is 5.32 Å². The molecule has 3 atom stereocenters. The Morgan fingerprint density at radius 2 is 1.80 bits per heavy atom. The van der Waals surface area contributed by atoms with Crippen LogP contribution in [0.1, 0.15) is 49.1 Å². The number of rotatable bonds is 8. The van der Waals surface area contributed by atoms with Gasteiger partial charge in [-0.05, 0) is 60.3 Å². The lowest BCUT2D eigenvalue weighted by atomic mass is 9.98. The van der Waals surface area contributed by atoms with Crippen molar-refractivity contribution in [3.8, 4) is 11.1 Å². The summed E-state index contributed by atoms with van der Waals surface area (Å²) >= 11 is 0. The van der Waals surface area contributed by atoms with Crippen LogP contribution in [0.15, 0.2) is 61.2 Å². The van der Waals surface area contributed by atoms with Crippen LogP contribution in [0.5, 0.6) is 0 Å². The van der Waals surface area contributed by atoms with Gasteiger partial charge < -0.3 is 20.1 Å². The van der Waals surface area contributed by atoms with Crippen molar-refractivity contribution in [1.29, 1.82) is 0 Å². The highest BCUT2D eigenvalue weighted by Crippen LogP contribution is 2.54. The summed E-state index contributed by atoms with van der Waals surface area (Å²) in [4.78, 5) is 39.8. The van der Waals surface area contributed by atoms with Crippen molar-refractivity contribution in [3.05, 3.63) is 72.3 Å². The minimum Gasteiger partial charge on any atom is -0.479 e. The van der Waals surface area contributed by atoms with E-state index in [4.69, 9.17) is 4.74 Å². The molecule has 2 aliphatic carbocycles. The number of allylic oxidation sites excluding steroid dienone is 1.